The summed E-state index contributed by atoms with van der Waals surface area (Å²) in [5.41, 5.74) is 1.59. The number of aromatic nitrogens is 4. The van der Waals surface area contributed by atoms with E-state index in [2.05, 4.69) is 39.8 Å². The average Bonchev–Trinajstić information content (AvgIpc) is 3.71. The van der Waals surface area contributed by atoms with E-state index >= 15 is 0 Å². The van der Waals surface area contributed by atoms with Crippen molar-refractivity contribution in [2.45, 2.75) is 83.1 Å². The number of rotatable bonds is 8. The van der Waals surface area contributed by atoms with Gasteiger partial charge in [-0.1, -0.05) is 0 Å². The number of aliphatic hydroxyl groups is 1. The lowest BCUT2D eigenvalue weighted by atomic mass is 9.85. The van der Waals surface area contributed by atoms with Crippen molar-refractivity contribution < 1.29 is 19.0 Å². The first-order valence-corrected chi connectivity index (χ1v) is 13.9. The second kappa shape index (κ2) is 10.4. The van der Waals surface area contributed by atoms with Crippen LogP contribution in [0.25, 0.3) is 11.0 Å². The third kappa shape index (κ3) is 5.09. The number of anilines is 3. The van der Waals surface area contributed by atoms with Gasteiger partial charge in [-0.05, 0) is 82.6 Å². The van der Waals surface area contributed by atoms with Gasteiger partial charge in [0.05, 0.1) is 17.6 Å². The summed E-state index contributed by atoms with van der Waals surface area (Å²) in [4.78, 5) is 15.7. The molecular formula is C28H37FN6O3. The minimum Gasteiger partial charge on any atom is -0.386 e. The van der Waals surface area contributed by atoms with Crippen molar-refractivity contribution in [3.05, 3.63) is 36.3 Å². The van der Waals surface area contributed by atoms with Gasteiger partial charge in [0.25, 0.3) is 0 Å². The van der Waals surface area contributed by atoms with Gasteiger partial charge in [-0.25, -0.2) is 14.4 Å². The van der Waals surface area contributed by atoms with Crippen LogP contribution < -0.4 is 10.2 Å². The Kier molecular flexibility index (Phi) is 6.96. The Labute approximate surface area is 222 Å². The van der Waals surface area contributed by atoms with Crippen molar-refractivity contribution in [1.29, 1.82) is 0 Å². The highest BCUT2D eigenvalue weighted by atomic mass is 19.1. The van der Waals surface area contributed by atoms with Gasteiger partial charge in [0.1, 0.15) is 30.0 Å². The molecule has 1 saturated carbocycles. The monoisotopic (exact) mass is 524 g/mol. The van der Waals surface area contributed by atoms with Crippen LogP contribution in [0.15, 0.2) is 30.5 Å². The molecule has 0 radical (unpaired) electrons. The highest BCUT2D eigenvalue weighted by Gasteiger charge is 2.52. The van der Waals surface area contributed by atoms with Crippen LogP contribution in [0.3, 0.4) is 0 Å². The zero-order valence-electron chi connectivity index (χ0n) is 22.1. The molecule has 2 N–H and O–H groups in total. The van der Waals surface area contributed by atoms with Gasteiger partial charge in [0.2, 0.25) is 5.95 Å². The van der Waals surface area contributed by atoms with Crippen LogP contribution in [0, 0.1) is 5.92 Å². The molecule has 4 heterocycles. The first-order chi connectivity index (χ1) is 18.4. The number of benzene rings is 1. The molecule has 0 spiro atoms. The first kappa shape index (κ1) is 25.5. The Bertz CT molecular complexity index is 1270. The van der Waals surface area contributed by atoms with Gasteiger partial charge in [-0.2, -0.15) is 4.98 Å². The van der Waals surface area contributed by atoms with E-state index in [0.717, 1.165) is 61.3 Å². The number of fused-ring (bicyclic) bond motifs is 1. The molecular weight excluding hydrogens is 487 g/mol. The van der Waals surface area contributed by atoms with Gasteiger partial charge in [-0.15, -0.1) is 0 Å². The fourth-order valence-corrected chi connectivity index (χ4v) is 5.77. The molecule has 0 bridgehead atoms. The smallest absolute Gasteiger partial charge is 0.227 e. The van der Waals surface area contributed by atoms with Crippen LogP contribution in [0.4, 0.5) is 21.8 Å². The van der Waals surface area contributed by atoms with Crippen molar-refractivity contribution in [2.75, 3.05) is 29.9 Å². The molecule has 2 aromatic heterocycles. The summed E-state index contributed by atoms with van der Waals surface area (Å²) in [6.07, 6.45) is 5.57. The number of nitrogens with one attached hydrogen (secondary N) is 1. The summed E-state index contributed by atoms with van der Waals surface area (Å²) in [6, 6.07) is 8.04. The quantitative estimate of drug-likeness (QED) is 0.430. The normalized spacial score (nSPS) is 26.3. The highest BCUT2D eigenvalue weighted by Crippen LogP contribution is 2.46. The Hall–Kier alpha value is -2.82. The third-order valence-electron chi connectivity index (χ3n) is 8.00. The number of nitrogens with zero attached hydrogens (tertiary/aromatic N) is 5. The largest absolute Gasteiger partial charge is 0.386 e. The molecule has 3 atom stereocenters. The van der Waals surface area contributed by atoms with Crippen LogP contribution in [-0.4, -0.2) is 62.4 Å². The van der Waals surface area contributed by atoms with E-state index in [1.165, 1.54) is 0 Å². The average molecular weight is 525 g/mol. The van der Waals surface area contributed by atoms with Crippen molar-refractivity contribution >= 4 is 28.5 Å². The van der Waals surface area contributed by atoms with Gasteiger partial charge in [0, 0.05) is 31.1 Å². The Morgan fingerprint density at radius 1 is 1.21 bits per heavy atom. The zero-order valence-corrected chi connectivity index (χ0v) is 22.1. The van der Waals surface area contributed by atoms with Gasteiger partial charge in [-0.3, -0.25) is 0 Å². The van der Waals surface area contributed by atoms with Gasteiger partial charge < -0.3 is 29.4 Å². The van der Waals surface area contributed by atoms with Crippen LogP contribution in [0.2, 0.25) is 0 Å². The molecule has 10 heteroatoms. The first-order valence-electron chi connectivity index (χ1n) is 13.9. The number of hydrogen-bond acceptors (Lipinski definition) is 8. The van der Waals surface area contributed by atoms with E-state index in [4.69, 9.17) is 14.5 Å². The van der Waals surface area contributed by atoms with Crippen LogP contribution in [-0.2, 0) is 16.1 Å². The maximum Gasteiger partial charge on any atom is 0.227 e. The molecule has 1 aromatic carbocycles. The molecule has 0 amide bonds. The summed E-state index contributed by atoms with van der Waals surface area (Å²) >= 11 is 0. The molecule has 2 saturated heterocycles. The van der Waals surface area contributed by atoms with Crippen molar-refractivity contribution in [2.24, 2.45) is 5.92 Å². The van der Waals surface area contributed by atoms with E-state index in [9.17, 15) is 9.50 Å². The summed E-state index contributed by atoms with van der Waals surface area (Å²) in [5.74, 6) is 2.06. The molecule has 9 nitrogen and oxygen atoms in total. The zero-order chi connectivity index (χ0) is 26.3. The molecule has 2 aliphatic heterocycles. The molecule has 1 unspecified atom stereocenters. The summed E-state index contributed by atoms with van der Waals surface area (Å²) in [7, 11) is 0. The number of ether oxygens (including phenoxy) is 2. The van der Waals surface area contributed by atoms with E-state index in [1.54, 1.807) is 12.3 Å². The van der Waals surface area contributed by atoms with Crippen molar-refractivity contribution in [3.63, 3.8) is 0 Å². The minimum absolute atomic E-state index is 0.0930. The second-order valence-electron chi connectivity index (χ2n) is 11.1. The van der Waals surface area contributed by atoms with Gasteiger partial charge in [0.15, 0.2) is 6.29 Å². The Morgan fingerprint density at radius 3 is 2.82 bits per heavy atom. The van der Waals surface area contributed by atoms with Crippen LogP contribution in [0.1, 0.15) is 64.2 Å². The van der Waals surface area contributed by atoms with E-state index in [1.807, 2.05) is 17.0 Å². The van der Waals surface area contributed by atoms with E-state index in [-0.39, 0.29) is 24.8 Å². The molecule has 204 valence electrons. The number of piperidine rings is 1. The van der Waals surface area contributed by atoms with Crippen molar-refractivity contribution in [1.82, 2.24) is 19.5 Å². The standard InChI is InChI=1S/C28H37FN6O3/c1-18(2)35-22-15-20(8-9-21(22)32-25(35)17-38-26-5-3-4-14-37-26)31-24-10-12-30-27(33-24)34-13-11-28(36,19-6-7-19)23(29)16-34/h8-10,12,15,18-19,23,26,36H,3-7,11,13-14,16-17H2,1-2H3,(H,30,31,33)/t23-,26?,28-/m1/s1. The fourth-order valence-electron chi connectivity index (χ4n) is 5.77. The molecule has 3 aliphatic rings. The van der Waals surface area contributed by atoms with Crippen LogP contribution >= 0.6 is 0 Å². The van der Waals surface area contributed by atoms with Crippen LogP contribution in [0.5, 0.6) is 0 Å². The maximum absolute atomic E-state index is 14.9. The van der Waals surface area contributed by atoms with Gasteiger partial charge >= 0.3 is 0 Å². The topological polar surface area (TPSA) is 97.6 Å². The lowest BCUT2D eigenvalue weighted by Gasteiger charge is -2.41. The molecule has 1 aliphatic carbocycles. The van der Waals surface area contributed by atoms with E-state index in [0.29, 0.717) is 31.3 Å². The number of alkyl halides is 1. The Balaban J connectivity index is 1.18. The number of hydrogen-bond donors (Lipinski definition) is 2. The molecule has 38 heavy (non-hydrogen) atoms. The lowest BCUT2D eigenvalue weighted by Crippen LogP contribution is -2.55. The third-order valence-corrected chi connectivity index (χ3v) is 8.00. The SMILES string of the molecule is CC(C)n1c(COC2CCCCO2)nc2ccc(Nc3ccnc(N4CC[C@@](O)(C5CC5)[C@H](F)C4)n3)cc21. The summed E-state index contributed by atoms with van der Waals surface area (Å²) < 4.78 is 28.9. The molecule has 3 fully saturated rings. The van der Waals surface area contributed by atoms with Crippen molar-refractivity contribution in [3.8, 4) is 0 Å². The summed E-state index contributed by atoms with van der Waals surface area (Å²) in [5, 5.41) is 14.1. The fraction of sp³-hybridized carbons (Fsp3) is 0.607. The maximum atomic E-state index is 14.9. The molecule has 3 aromatic rings. The summed E-state index contributed by atoms with van der Waals surface area (Å²) in [6.45, 7) is 6.07. The number of imidazole rings is 1. The lowest BCUT2D eigenvalue weighted by molar-refractivity contribution is -0.170. The molecule has 6 rings (SSSR count). The second-order valence-corrected chi connectivity index (χ2v) is 11.1. The highest BCUT2D eigenvalue weighted by molar-refractivity contribution is 5.81. The van der Waals surface area contributed by atoms with E-state index < -0.39 is 11.8 Å². The minimum atomic E-state index is -1.30. The predicted octanol–water partition coefficient (Wildman–Crippen LogP) is 4.88. The Morgan fingerprint density at radius 2 is 2.08 bits per heavy atom. The number of halogens is 1. The predicted molar refractivity (Wildman–Crippen MR) is 143 cm³/mol.